The summed E-state index contributed by atoms with van der Waals surface area (Å²) < 4.78 is 27.4. The molecular weight excluding hydrogens is 284 g/mol. The first-order valence-electron chi connectivity index (χ1n) is 5.68. The molecule has 0 heterocycles. The number of carbonyl (C=O) groups is 1. The zero-order valence-corrected chi connectivity index (χ0v) is 10.9. The van der Waals surface area contributed by atoms with Crippen molar-refractivity contribution in [2.24, 2.45) is 0 Å². The molecule has 0 unspecified atom stereocenters. The molecule has 2 rings (SSSR count). The molecule has 0 aromatic heterocycles. The van der Waals surface area contributed by atoms with Crippen LogP contribution in [0.3, 0.4) is 0 Å². The molecule has 0 atom stereocenters. The summed E-state index contributed by atoms with van der Waals surface area (Å²) in [4.78, 5) is 12.0. The lowest BCUT2D eigenvalue weighted by atomic mass is 10.0. The molecule has 0 saturated carbocycles. The summed E-state index contributed by atoms with van der Waals surface area (Å²) >= 11 is 5.90. The van der Waals surface area contributed by atoms with Gasteiger partial charge in [0.15, 0.2) is 5.78 Å². The van der Waals surface area contributed by atoms with E-state index in [-0.39, 0.29) is 12.0 Å². The van der Waals surface area contributed by atoms with Crippen molar-refractivity contribution in [3.05, 3.63) is 69.7 Å². The number of carbonyl (C=O) groups excluding carboxylic acids is 1. The fourth-order valence-corrected chi connectivity index (χ4v) is 2.01. The molecule has 0 radical (unpaired) electrons. The summed E-state index contributed by atoms with van der Waals surface area (Å²) in [6, 6.07) is 9.87. The SMILES string of the molecule is N#Cc1cc(F)c(C(=O)Cc2ccccc2Cl)c(F)c1. The van der Waals surface area contributed by atoms with Gasteiger partial charge in [0.05, 0.1) is 17.2 Å². The van der Waals surface area contributed by atoms with Crippen LogP contribution in [0.4, 0.5) is 8.78 Å². The Balaban J connectivity index is 2.36. The van der Waals surface area contributed by atoms with Gasteiger partial charge in [0.1, 0.15) is 11.6 Å². The van der Waals surface area contributed by atoms with Crippen LogP contribution in [-0.4, -0.2) is 5.78 Å². The lowest BCUT2D eigenvalue weighted by Crippen LogP contribution is -2.10. The van der Waals surface area contributed by atoms with E-state index in [1.165, 1.54) is 0 Å². The summed E-state index contributed by atoms with van der Waals surface area (Å²) in [7, 11) is 0. The van der Waals surface area contributed by atoms with Crippen molar-refractivity contribution in [3.8, 4) is 6.07 Å². The van der Waals surface area contributed by atoms with Gasteiger partial charge in [-0.25, -0.2) is 8.78 Å². The van der Waals surface area contributed by atoms with Gasteiger partial charge in [-0.3, -0.25) is 4.79 Å². The highest BCUT2D eigenvalue weighted by Gasteiger charge is 2.19. The number of nitrogens with zero attached hydrogens (tertiary/aromatic N) is 1. The number of nitriles is 1. The minimum absolute atomic E-state index is 0.172. The normalized spacial score (nSPS) is 10.1. The van der Waals surface area contributed by atoms with E-state index in [4.69, 9.17) is 16.9 Å². The van der Waals surface area contributed by atoms with Gasteiger partial charge in [-0.15, -0.1) is 0 Å². The Morgan fingerprint density at radius 1 is 1.20 bits per heavy atom. The van der Waals surface area contributed by atoms with Crippen molar-refractivity contribution < 1.29 is 13.6 Å². The maximum Gasteiger partial charge on any atom is 0.173 e. The molecule has 0 aliphatic rings. The average Bonchev–Trinajstić information content (AvgIpc) is 2.40. The van der Waals surface area contributed by atoms with Gasteiger partial charge in [0, 0.05) is 11.4 Å². The van der Waals surface area contributed by atoms with E-state index >= 15 is 0 Å². The third kappa shape index (κ3) is 2.84. The molecule has 0 saturated heterocycles. The topological polar surface area (TPSA) is 40.9 Å². The zero-order chi connectivity index (χ0) is 14.7. The molecule has 2 aromatic carbocycles. The quantitative estimate of drug-likeness (QED) is 0.804. The maximum atomic E-state index is 13.7. The molecule has 0 fully saturated rings. The Morgan fingerprint density at radius 2 is 1.80 bits per heavy atom. The van der Waals surface area contributed by atoms with E-state index in [9.17, 15) is 13.6 Å². The van der Waals surface area contributed by atoms with Crippen molar-refractivity contribution in [1.29, 1.82) is 5.26 Å². The summed E-state index contributed by atoms with van der Waals surface area (Å²) in [5.74, 6) is -2.81. The van der Waals surface area contributed by atoms with Crippen LogP contribution in [0.1, 0.15) is 21.5 Å². The highest BCUT2D eigenvalue weighted by Crippen LogP contribution is 2.21. The average molecular weight is 292 g/mol. The molecule has 20 heavy (non-hydrogen) atoms. The molecule has 0 aliphatic heterocycles. The van der Waals surface area contributed by atoms with Crippen molar-refractivity contribution in [2.75, 3.05) is 0 Å². The van der Waals surface area contributed by atoms with E-state index in [0.29, 0.717) is 10.6 Å². The molecule has 5 heteroatoms. The second-order valence-electron chi connectivity index (χ2n) is 4.12. The predicted octanol–water partition coefficient (Wildman–Crippen LogP) is 3.92. The standard InChI is InChI=1S/C15H8ClF2NO/c16-11-4-2-1-3-10(11)7-14(20)15-12(17)5-9(8-19)6-13(15)18/h1-6H,7H2. The third-order valence-electron chi connectivity index (χ3n) is 2.76. The Morgan fingerprint density at radius 3 is 2.35 bits per heavy atom. The number of Topliss-reactive ketones (excluding diaryl/α,β-unsaturated/α-hetero) is 1. The summed E-state index contributed by atoms with van der Waals surface area (Å²) in [5.41, 5.74) is -0.333. The minimum atomic E-state index is -1.04. The molecule has 100 valence electrons. The van der Waals surface area contributed by atoms with Crippen molar-refractivity contribution in [3.63, 3.8) is 0 Å². The molecule has 2 nitrogen and oxygen atoms in total. The number of hydrogen-bond acceptors (Lipinski definition) is 2. The largest absolute Gasteiger partial charge is 0.294 e. The first-order chi connectivity index (χ1) is 9.52. The van der Waals surface area contributed by atoms with Crippen molar-refractivity contribution in [1.82, 2.24) is 0 Å². The molecule has 0 N–H and O–H groups in total. The van der Waals surface area contributed by atoms with E-state index in [1.807, 2.05) is 0 Å². The Bertz CT molecular complexity index is 699. The Hall–Kier alpha value is -2.25. The minimum Gasteiger partial charge on any atom is -0.294 e. The smallest absolute Gasteiger partial charge is 0.173 e. The Kier molecular flexibility index (Phi) is 4.11. The monoisotopic (exact) mass is 291 g/mol. The summed E-state index contributed by atoms with van der Waals surface area (Å²) in [6.45, 7) is 0. The first-order valence-corrected chi connectivity index (χ1v) is 6.06. The lowest BCUT2D eigenvalue weighted by Gasteiger charge is -2.06. The molecule has 0 spiro atoms. The fourth-order valence-electron chi connectivity index (χ4n) is 1.81. The van der Waals surface area contributed by atoms with Crippen LogP contribution < -0.4 is 0 Å². The van der Waals surface area contributed by atoms with Crippen molar-refractivity contribution >= 4 is 17.4 Å². The number of halogens is 3. The summed E-state index contributed by atoms with van der Waals surface area (Å²) in [6.07, 6.45) is -0.209. The number of rotatable bonds is 3. The van der Waals surface area contributed by atoms with Gasteiger partial charge in [-0.2, -0.15) is 5.26 Å². The van der Waals surface area contributed by atoms with Gasteiger partial charge < -0.3 is 0 Å². The second-order valence-corrected chi connectivity index (χ2v) is 4.53. The number of hydrogen-bond donors (Lipinski definition) is 0. The lowest BCUT2D eigenvalue weighted by molar-refractivity contribution is 0.0985. The predicted molar refractivity (Wildman–Crippen MR) is 70.6 cm³/mol. The van der Waals surface area contributed by atoms with E-state index < -0.39 is 23.0 Å². The molecule has 0 aliphatic carbocycles. The molecule has 0 bridgehead atoms. The van der Waals surface area contributed by atoms with E-state index in [2.05, 4.69) is 0 Å². The third-order valence-corrected chi connectivity index (χ3v) is 3.13. The van der Waals surface area contributed by atoms with Crippen LogP contribution in [-0.2, 0) is 6.42 Å². The van der Waals surface area contributed by atoms with Crippen LogP contribution in [0, 0.1) is 23.0 Å². The maximum absolute atomic E-state index is 13.7. The molecular formula is C15H8ClF2NO. The van der Waals surface area contributed by atoms with Crippen LogP contribution in [0.15, 0.2) is 36.4 Å². The highest BCUT2D eigenvalue weighted by atomic mass is 35.5. The highest BCUT2D eigenvalue weighted by molar-refractivity contribution is 6.31. The summed E-state index contributed by atoms with van der Waals surface area (Å²) in [5, 5.41) is 8.96. The molecule has 2 aromatic rings. The second kappa shape index (κ2) is 5.81. The van der Waals surface area contributed by atoms with Gasteiger partial charge >= 0.3 is 0 Å². The van der Waals surface area contributed by atoms with Gasteiger partial charge in [-0.1, -0.05) is 29.8 Å². The van der Waals surface area contributed by atoms with Crippen LogP contribution in [0.2, 0.25) is 5.02 Å². The molecule has 0 amide bonds. The first kappa shape index (κ1) is 14.2. The van der Waals surface area contributed by atoms with Crippen LogP contribution >= 0.6 is 11.6 Å². The van der Waals surface area contributed by atoms with Gasteiger partial charge in [-0.05, 0) is 23.8 Å². The van der Waals surface area contributed by atoms with Crippen molar-refractivity contribution in [2.45, 2.75) is 6.42 Å². The zero-order valence-electron chi connectivity index (χ0n) is 10.2. The van der Waals surface area contributed by atoms with Crippen LogP contribution in [0.25, 0.3) is 0 Å². The van der Waals surface area contributed by atoms with E-state index in [0.717, 1.165) is 12.1 Å². The number of ketones is 1. The van der Waals surface area contributed by atoms with Crippen LogP contribution in [0.5, 0.6) is 0 Å². The van der Waals surface area contributed by atoms with Gasteiger partial charge in [0.2, 0.25) is 0 Å². The van der Waals surface area contributed by atoms with Gasteiger partial charge in [0.25, 0.3) is 0 Å². The van der Waals surface area contributed by atoms with E-state index in [1.54, 1.807) is 30.3 Å². The number of benzene rings is 2. The fraction of sp³-hybridized carbons (Fsp3) is 0.0667. The Labute approximate surface area is 119 Å².